The van der Waals surface area contributed by atoms with Gasteiger partial charge in [0, 0.05) is 12.3 Å². The number of ether oxygens (including phenoxy) is 1. The van der Waals surface area contributed by atoms with Crippen LogP contribution in [0.5, 0.6) is 0 Å². The van der Waals surface area contributed by atoms with Crippen LogP contribution in [-0.2, 0) is 30.9 Å². The van der Waals surface area contributed by atoms with Gasteiger partial charge in [0.15, 0.2) is 6.23 Å². The number of H-pyrrole nitrogens is 1. The van der Waals surface area contributed by atoms with Gasteiger partial charge in [0.05, 0.1) is 14.4 Å². The molecule has 0 unspecified atom stereocenters. The largest absolute Gasteiger partial charge is 2.00 e. The van der Waals surface area contributed by atoms with Crippen LogP contribution in [0.2, 0.25) is 0 Å². The topological polar surface area (TPSA) is 177 Å². The second-order valence-electron chi connectivity index (χ2n) is 4.31. The third-order valence-electron chi connectivity index (χ3n) is 2.86. The molecule has 1 aromatic heterocycles. The molecule has 1 fully saturated rings. The van der Waals surface area contributed by atoms with Crippen molar-refractivity contribution in [3.05, 3.63) is 33.1 Å². The molecule has 1 aliphatic rings. The van der Waals surface area contributed by atoms with Crippen molar-refractivity contribution in [2.45, 2.75) is 24.5 Å². The number of hydrogen-bond acceptors (Lipinski definition) is 9. The molecular weight excluding hydrogens is 367 g/mol. The first-order valence-corrected chi connectivity index (χ1v) is 7.15. The molecular formula is C9H11FeN2O9P. The van der Waals surface area contributed by atoms with E-state index < -0.39 is 50.2 Å². The van der Waals surface area contributed by atoms with E-state index in [1.807, 2.05) is 4.98 Å². The molecule has 1 aliphatic heterocycles. The third kappa shape index (κ3) is 4.35. The van der Waals surface area contributed by atoms with Crippen LogP contribution < -0.4 is 21.0 Å². The maximum atomic E-state index is 11.6. The van der Waals surface area contributed by atoms with E-state index in [-0.39, 0.29) is 17.1 Å². The van der Waals surface area contributed by atoms with Crippen molar-refractivity contribution in [2.75, 3.05) is 6.61 Å². The summed E-state index contributed by atoms with van der Waals surface area (Å²) in [6, 6.07) is 0.997. The number of phosphoric ester groups is 1. The SMILES string of the molecule is O=c1ccn([C@@H]2O[C@H](COP(=O)([O-])[O-])[C@@H](O)[C@H]2O)c(=O)[nH]1.[Fe+2]. The number of nitrogens with zero attached hydrogens (tertiary/aromatic N) is 1. The predicted molar refractivity (Wildman–Crippen MR) is 60.8 cm³/mol. The number of hydrogen-bond donors (Lipinski definition) is 3. The molecule has 13 heteroatoms. The fourth-order valence-corrected chi connectivity index (χ4v) is 2.22. The van der Waals surface area contributed by atoms with Crippen molar-refractivity contribution in [3.8, 4) is 0 Å². The van der Waals surface area contributed by atoms with Gasteiger partial charge in [-0.15, -0.1) is 0 Å². The van der Waals surface area contributed by atoms with Crippen molar-refractivity contribution >= 4 is 7.82 Å². The Bertz CT molecular complexity index is 670. The summed E-state index contributed by atoms with van der Waals surface area (Å²) in [5.74, 6) is 0. The van der Waals surface area contributed by atoms with Crippen molar-refractivity contribution in [1.82, 2.24) is 9.55 Å². The van der Waals surface area contributed by atoms with E-state index in [1.165, 1.54) is 0 Å². The number of aliphatic hydroxyl groups is 2. The Morgan fingerprint density at radius 2 is 2.00 bits per heavy atom. The first kappa shape index (κ1) is 19.2. The molecule has 1 saturated heterocycles. The van der Waals surface area contributed by atoms with Crippen LogP contribution in [0.3, 0.4) is 0 Å². The van der Waals surface area contributed by atoms with Crippen molar-refractivity contribution in [3.63, 3.8) is 0 Å². The summed E-state index contributed by atoms with van der Waals surface area (Å²) < 4.78 is 20.3. The zero-order chi connectivity index (χ0) is 15.8. The summed E-state index contributed by atoms with van der Waals surface area (Å²) in [4.78, 5) is 45.2. The number of phosphoric acid groups is 1. The van der Waals surface area contributed by atoms with E-state index >= 15 is 0 Å². The number of aromatic nitrogens is 2. The molecule has 2 rings (SSSR count). The predicted octanol–water partition coefficient (Wildman–Crippen LogP) is -4.00. The quantitative estimate of drug-likeness (QED) is 0.348. The maximum absolute atomic E-state index is 11.6. The van der Waals surface area contributed by atoms with Gasteiger partial charge in [0.25, 0.3) is 5.56 Å². The zero-order valence-corrected chi connectivity index (χ0v) is 12.7. The summed E-state index contributed by atoms with van der Waals surface area (Å²) in [5, 5.41) is 19.5. The summed E-state index contributed by atoms with van der Waals surface area (Å²) in [5.41, 5.74) is -1.55. The van der Waals surface area contributed by atoms with E-state index in [9.17, 15) is 34.2 Å². The van der Waals surface area contributed by atoms with Gasteiger partial charge >= 0.3 is 22.8 Å². The average molecular weight is 378 g/mol. The summed E-state index contributed by atoms with van der Waals surface area (Å²) in [6.45, 7) is -0.808. The average Bonchev–Trinajstić information content (AvgIpc) is 2.64. The second-order valence-corrected chi connectivity index (χ2v) is 5.46. The van der Waals surface area contributed by atoms with Gasteiger partial charge in [-0.25, -0.2) is 4.79 Å². The first-order chi connectivity index (χ1) is 9.69. The molecule has 0 bridgehead atoms. The van der Waals surface area contributed by atoms with Gasteiger partial charge in [0.2, 0.25) is 0 Å². The normalized spacial score (nSPS) is 28.4. The van der Waals surface area contributed by atoms with E-state index in [0.29, 0.717) is 0 Å². The Morgan fingerprint density at radius 1 is 1.36 bits per heavy atom. The van der Waals surface area contributed by atoms with Crippen LogP contribution in [0.1, 0.15) is 6.23 Å². The van der Waals surface area contributed by atoms with Crippen LogP contribution >= 0.6 is 7.82 Å². The molecule has 0 aromatic carbocycles. The molecule has 1 aromatic rings. The molecule has 22 heavy (non-hydrogen) atoms. The van der Waals surface area contributed by atoms with Gasteiger partial charge in [-0.3, -0.25) is 14.3 Å². The number of aliphatic hydroxyl groups excluding tert-OH is 2. The van der Waals surface area contributed by atoms with Crippen molar-refractivity contribution in [2.24, 2.45) is 0 Å². The smallest absolute Gasteiger partial charge is 0.790 e. The van der Waals surface area contributed by atoms with Crippen LogP contribution in [0.25, 0.3) is 0 Å². The standard InChI is InChI=1S/C9H13N2O9P.Fe/c12-5-1-2-11(9(15)10-5)8-7(14)6(13)4(20-8)3-19-21(16,17)18;/h1-2,4,6-8,13-14H,3H2,(H,10,12,15)(H2,16,17,18);/q;+2/p-2/t4-,6-,7-,8-;/m1./s1. The fraction of sp³-hybridized carbons (Fsp3) is 0.556. The molecule has 11 nitrogen and oxygen atoms in total. The van der Waals surface area contributed by atoms with Crippen LogP contribution in [0.15, 0.2) is 21.9 Å². The molecule has 3 N–H and O–H groups in total. The van der Waals surface area contributed by atoms with E-state index in [1.54, 1.807) is 0 Å². The number of nitrogens with one attached hydrogen (secondary N) is 1. The summed E-state index contributed by atoms with van der Waals surface area (Å²) in [6.07, 6.45) is -4.83. The minimum absolute atomic E-state index is 0. The van der Waals surface area contributed by atoms with Gasteiger partial charge in [-0.1, -0.05) is 0 Å². The molecule has 4 atom stereocenters. The Kier molecular flexibility index (Phi) is 6.27. The number of rotatable bonds is 4. The minimum atomic E-state index is -5.26. The van der Waals surface area contributed by atoms with Crippen LogP contribution in [0.4, 0.5) is 0 Å². The molecule has 0 aliphatic carbocycles. The van der Waals surface area contributed by atoms with Crippen molar-refractivity contribution in [1.29, 1.82) is 0 Å². The molecule has 124 valence electrons. The summed E-state index contributed by atoms with van der Waals surface area (Å²) >= 11 is 0. The molecule has 0 spiro atoms. The second kappa shape index (κ2) is 7.18. The van der Waals surface area contributed by atoms with E-state index in [0.717, 1.165) is 16.8 Å². The van der Waals surface area contributed by atoms with Gasteiger partial charge in [-0.2, -0.15) is 0 Å². The summed E-state index contributed by atoms with van der Waals surface area (Å²) in [7, 11) is -5.26. The van der Waals surface area contributed by atoms with E-state index in [4.69, 9.17) is 4.74 Å². The van der Waals surface area contributed by atoms with Gasteiger partial charge in [0.1, 0.15) is 18.3 Å². The van der Waals surface area contributed by atoms with Gasteiger partial charge in [-0.05, 0) is 0 Å². The van der Waals surface area contributed by atoms with Crippen LogP contribution in [-0.4, -0.2) is 44.7 Å². The fourth-order valence-electron chi connectivity index (χ4n) is 1.89. The Balaban J connectivity index is 0.00000242. The Morgan fingerprint density at radius 3 is 2.55 bits per heavy atom. The van der Waals surface area contributed by atoms with E-state index in [2.05, 4.69) is 4.52 Å². The van der Waals surface area contributed by atoms with Crippen molar-refractivity contribution < 1.29 is 50.9 Å². The zero-order valence-electron chi connectivity index (χ0n) is 10.7. The third-order valence-corrected chi connectivity index (χ3v) is 3.32. The Hall–Kier alpha value is -0.811. The Labute approximate surface area is 133 Å². The van der Waals surface area contributed by atoms with Crippen LogP contribution in [0, 0.1) is 0 Å². The van der Waals surface area contributed by atoms with Gasteiger partial charge < -0.3 is 33.8 Å². The first-order valence-electron chi connectivity index (χ1n) is 5.69. The number of aromatic amines is 1. The molecule has 0 amide bonds. The molecule has 0 saturated carbocycles. The monoisotopic (exact) mass is 378 g/mol. The molecule has 0 radical (unpaired) electrons. The molecule has 2 heterocycles. The minimum Gasteiger partial charge on any atom is -0.790 e. The maximum Gasteiger partial charge on any atom is 2.00 e.